The molecule has 0 atom stereocenters. The van der Waals surface area contributed by atoms with Crippen molar-refractivity contribution in [2.45, 2.75) is 13.5 Å². The number of nitrogen functional groups attached to an aromatic ring is 1. The Labute approximate surface area is 106 Å². The lowest BCUT2D eigenvalue weighted by Gasteiger charge is -2.07. The zero-order valence-corrected chi connectivity index (χ0v) is 10.5. The van der Waals surface area contributed by atoms with Gasteiger partial charge in [-0.25, -0.2) is 0 Å². The average molecular weight is 244 g/mol. The maximum atomic E-state index is 11.9. The molecule has 0 fully saturated rings. The predicted octanol–water partition coefficient (Wildman–Crippen LogP) is 1.24. The van der Waals surface area contributed by atoms with Crippen LogP contribution in [-0.2, 0) is 13.6 Å². The van der Waals surface area contributed by atoms with Crippen molar-refractivity contribution in [3.8, 4) is 0 Å². The van der Waals surface area contributed by atoms with Gasteiger partial charge in [0.05, 0.1) is 12.2 Å². The standard InChI is InChI=1S/C13H16N4O/c1-9-3-4-10(7-12(9)14)13(18)15-8-11-5-6-16-17(11)2/h3-7H,8,14H2,1-2H3,(H,15,18). The van der Waals surface area contributed by atoms with E-state index in [1.165, 1.54) is 0 Å². The minimum atomic E-state index is -0.136. The molecular formula is C13H16N4O. The topological polar surface area (TPSA) is 72.9 Å². The van der Waals surface area contributed by atoms with Crippen molar-refractivity contribution in [3.63, 3.8) is 0 Å². The van der Waals surface area contributed by atoms with Crippen LogP contribution in [0.15, 0.2) is 30.5 Å². The van der Waals surface area contributed by atoms with E-state index < -0.39 is 0 Å². The third-order valence-corrected chi connectivity index (χ3v) is 2.89. The van der Waals surface area contributed by atoms with Crippen molar-refractivity contribution in [1.82, 2.24) is 15.1 Å². The molecule has 0 radical (unpaired) electrons. The smallest absolute Gasteiger partial charge is 0.251 e. The average Bonchev–Trinajstić information content (AvgIpc) is 2.75. The lowest BCUT2D eigenvalue weighted by molar-refractivity contribution is 0.0950. The fourth-order valence-corrected chi connectivity index (χ4v) is 1.63. The summed E-state index contributed by atoms with van der Waals surface area (Å²) in [5.41, 5.74) is 8.89. The van der Waals surface area contributed by atoms with Crippen molar-refractivity contribution in [2.24, 2.45) is 7.05 Å². The van der Waals surface area contributed by atoms with Crippen LogP contribution in [-0.4, -0.2) is 15.7 Å². The van der Waals surface area contributed by atoms with Crippen LogP contribution in [0, 0.1) is 6.92 Å². The molecule has 0 spiro atoms. The van der Waals surface area contributed by atoms with Crippen molar-refractivity contribution in [2.75, 3.05) is 5.73 Å². The summed E-state index contributed by atoms with van der Waals surface area (Å²) in [6.07, 6.45) is 1.70. The van der Waals surface area contributed by atoms with E-state index in [4.69, 9.17) is 5.73 Å². The van der Waals surface area contributed by atoms with Crippen LogP contribution < -0.4 is 11.1 Å². The summed E-state index contributed by atoms with van der Waals surface area (Å²) < 4.78 is 1.73. The number of nitrogens with zero attached hydrogens (tertiary/aromatic N) is 2. The van der Waals surface area contributed by atoms with Crippen molar-refractivity contribution >= 4 is 11.6 Å². The summed E-state index contributed by atoms with van der Waals surface area (Å²) in [5.74, 6) is -0.136. The first-order chi connectivity index (χ1) is 8.58. The van der Waals surface area contributed by atoms with Gasteiger partial charge >= 0.3 is 0 Å². The highest BCUT2D eigenvalue weighted by Crippen LogP contribution is 2.12. The van der Waals surface area contributed by atoms with Gasteiger partial charge in [0.15, 0.2) is 0 Å². The van der Waals surface area contributed by atoms with Gasteiger partial charge in [0.1, 0.15) is 0 Å². The van der Waals surface area contributed by atoms with Gasteiger partial charge in [0.2, 0.25) is 0 Å². The first-order valence-electron chi connectivity index (χ1n) is 5.69. The molecule has 2 aromatic rings. The molecule has 0 aliphatic rings. The highest BCUT2D eigenvalue weighted by Gasteiger charge is 2.07. The fourth-order valence-electron chi connectivity index (χ4n) is 1.63. The Morgan fingerprint density at radius 1 is 1.44 bits per heavy atom. The van der Waals surface area contributed by atoms with Gasteiger partial charge in [-0.1, -0.05) is 6.07 Å². The highest BCUT2D eigenvalue weighted by molar-refractivity contribution is 5.95. The van der Waals surface area contributed by atoms with Crippen LogP contribution in [0.3, 0.4) is 0 Å². The minimum absolute atomic E-state index is 0.136. The number of carbonyl (C=O) groups excluding carboxylic acids is 1. The molecule has 3 N–H and O–H groups in total. The van der Waals surface area contributed by atoms with Gasteiger partial charge in [0, 0.05) is 24.5 Å². The highest BCUT2D eigenvalue weighted by atomic mass is 16.1. The van der Waals surface area contributed by atoms with E-state index in [2.05, 4.69) is 10.4 Å². The molecule has 1 heterocycles. The Morgan fingerprint density at radius 2 is 2.22 bits per heavy atom. The SMILES string of the molecule is Cc1ccc(C(=O)NCc2ccnn2C)cc1N. The molecule has 5 heteroatoms. The van der Waals surface area contributed by atoms with Gasteiger partial charge in [-0.15, -0.1) is 0 Å². The summed E-state index contributed by atoms with van der Waals surface area (Å²) in [6.45, 7) is 2.36. The summed E-state index contributed by atoms with van der Waals surface area (Å²) in [5, 5.41) is 6.87. The number of hydrogen-bond acceptors (Lipinski definition) is 3. The minimum Gasteiger partial charge on any atom is -0.398 e. The van der Waals surface area contributed by atoms with E-state index in [0.29, 0.717) is 17.8 Å². The van der Waals surface area contributed by atoms with Crippen LogP contribution in [0.4, 0.5) is 5.69 Å². The summed E-state index contributed by atoms with van der Waals surface area (Å²) in [7, 11) is 1.84. The van der Waals surface area contributed by atoms with E-state index in [0.717, 1.165) is 11.3 Å². The van der Waals surface area contributed by atoms with Crippen LogP contribution >= 0.6 is 0 Å². The third-order valence-electron chi connectivity index (χ3n) is 2.89. The molecule has 0 bridgehead atoms. The molecule has 1 aromatic carbocycles. The van der Waals surface area contributed by atoms with E-state index in [-0.39, 0.29) is 5.91 Å². The Hall–Kier alpha value is -2.30. The predicted molar refractivity (Wildman–Crippen MR) is 70.0 cm³/mol. The fraction of sp³-hybridized carbons (Fsp3) is 0.231. The summed E-state index contributed by atoms with van der Waals surface area (Å²) >= 11 is 0. The van der Waals surface area contributed by atoms with Crippen LogP contribution in [0.25, 0.3) is 0 Å². The number of amides is 1. The maximum Gasteiger partial charge on any atom is 0.251 e. The van der Waals surface area contributed by atoms with Gasteiger partial charge < -0.3 is 11.1 Å². The second-order valence-corrected chi connectivity index (χ2v) is 4.20. The molecular weight excluding hydrogens is 228 g/mol. The zero-order valence-electron chi connectivity index (χ0n) is 10.5. The first-order valence-corrected chi connectivity index (χ1v) is 5.69. The van der Waals surface area contributed by atoms with Crippen LogP contribution in [0.2, 0.25) is 0 Å². The van der Waals surface area contributed by atoms with E-state index in [9.17, 15) is 4.79 Å². The lowest BCUT2D eigenvalue weighted by atomic mass is 10.1. The molecule has 1 aromatic heterocycles. The number of aromatic nitrogens is 2. The maximum absolute atomic E-state index is 11.9. The molecule has 0 saturated carbocycles. The molecule has 1 amide bonds. The number of nitrogens with one attached hydrogen (secondary N) is 1. The Balaban J connectivity index is 2.04. The van der Waals surface area contributed by atoms with Gasteiger partial charge in [0.25, 0.3) is 5.91 Å². The normalized spacial score (nSPS) is 10.3. The molecule has 2 rings (SSSR count). The molecule has 0 unspecified atom stereocenters. The molecule has 18 heavy (non-hydrogen) atoms. The van der Waals surface area contributed by atoms with Crippen LogP contribution in [0.1, 0.15) is 21.6 Å². The number of aryl methyl sites for hydroxylation is 2. The Morgan fingerprint density at radius 3 is 2.83 bits per heavy atom. The zero-order chi connectivity index (χ0) is 13.1. The van der Waals surface area contributed by atoms with E-state index >= 15 is 0 Å². The second kappa shape index (κ2) is 4.91. The van der Waals surface area contributed by atoms with Crippen molar-refractivity contribution in [1.29, 1.82) is 0 Å². The number of nitrogens with two attached hydrogens (primary N) is 1. The van der Waals surface area contributed by atoms with Gasteiger partial charge in [-0.3, -0.25) is 9.48 Å². The monoisotopic (exact) mass is 244 g/mol. The first kappa shape index (κ1) is 12.2. The molecule has 0 aliphatic heterocycles. The molecule has 0 saturated heterocycles. The third kappa shape index (κ3) is 2.51. The van der Waals surface area contributed by atoms with Gasteiger partial charge in [-0.05, 0) is 30.7 Å². The van der Waals surface area contributed by atoms with Crippen LogP contribution in [0.5, 0.6) is 0 Å². The number of carbonyl (C=O) groups is 1. The number of anilines is 1. The molecule has 0 aliphatic carbocycles. The van der Waals surface area contributed by atoms with E-state index in [1.807, 2.05) is 26.1 Å². The summed E-state index contributed by atoms with van der Waals surface area (Å²) in [4.78, 5) is 11.9. The largest absolute Gasteiger partial charge is 0.398 e. The summed E-state index contributed by atoms with van der Waals surface area (Å²) in [6, 6.07) is 7.16. The number of rotatable bonds is 3. The number of hydrogen-bond donors (Lipinski definition) is 2. The number of benzene rings is 1. The Bertz CT molecular complexity index is 574. The molecule has 94 valence electrons. The Kier molecular flexibility index (Phi) is 3.32. The van der Waals surface area contributed by atoms with Crippen molar-refractivity contribution < 1.29 is 4.79 Å². The second-order valence-electron chi connectivity index (χ2n) is 4.20. The quantitative estimate of drug-likeness (QED) is 0.798. The lowest BCUT2D eigenvalue weighted by Crippen LogP contribution is -2.24. The molecule has 5 nitrogen and oxygen atoms in total. The van der Waals surface area contributed by atoms with E-state index in [1.54, 1.807) is 23.0 Å². The van der Waals surface area contributed by atoms with Gasteiger partial charge in [-0.2, -0.15) is 5.10 Å². The van der Waals surface area contributed by atoms with Crippen molar-refractivity contribution in [3.05, 3.63) is 47.3 Å².